The molecule has 3 rings (SSSR count). The number of benzene rings is 3. The van der Waals surface area contributed by atoms with E-state index in [0.29, 0.717) is 44.2 Å². The predicted octanol–water partition coefficient (Wildman–Crippen LogP) is 4.34. The highest BCUT2D eigenvalue weighted by Crippen LogP contribution is 2.36. The van der Waals surface area contributed by atoms with E-state index in [-0.39, 0.29) is 18.2 Å². The minimum atomic E-state index is -0.143. The predicted molar refractivity (Wildman–Crippen MR) is 133 cm³/mol. The van der Waals surface area contributed by atoms with Gasteiger partial charge in [0.25, 0.3) is 0 Å². The van der Waals surface area contributed by atoms with Crippen LogP contribution in [0, 0.1) is 6.92 Å². The van der Waals surface area contributed by atoms with Gasteiger partial charge >= 0.3 is 0 Å². The van der Waals surface area contributed by atoms with Gasteiger partial charge in [-0.3, -0.25) is 9.59 Å². The molecule has 3 aromatic rings. The molecule has 0 bridgehead atoms. The lowest BCUT2D eigenvalue weighted by molar-refractivity contribution is -0.121. The van der Waals surface area contributed by atoms with Gasteiger partial charge in [0.1, 0.15) is 13.2 Å². The molecule has 0 aliphatic rings. The highest BCUT2D eigenvalue weighted by molar-refractivity contribution is 5.77. The average molecular weight is 461 g/mol. The molecule has 3 aromatic carbocycles. The van der Waals surface area contributed by atoms with E-state index in [4.69, 9.17) is 9.47 Å². The molecule has 0 unspecified atom stereocenters. The zero-order valence-corrected chi connectivity index (χ0v) is 19.8. The van der Waals surface area contributed by atoms with E-state index in [2.05, 4.69) is 10.6 Å². The Bertz CT molecular complexity index is 1070. The van der Waals surface area contributed by atoms with Crippen molar-refractivity contribution >= 4 is 11.8 Å². The van der Waals surface area contributed by atoms with Gasteiger partial charge in [-0.15, -0.1) is 0 Å². The third kappa shape index (κ3) is 7.96. The van der Waals surface area contributed by atoms with Gasteiger partial charge in [-0.2, -0.15) is 0 Å². The Morgan fingerprint density at radius 1 is 0.735 bits per heavy atom. The topological polar surface area (TPSA) is 76.7 Å². The van der Waals surface area contributed by atoms with Crippen LogP contribution in [0.2, 0.25) is 0 Å². The molecular weight excluding hydrogens is 428 g/mol. The van der Waals surface area contributed by atoms with Crippen LogP contribution in [-0.2, 0) is 29.2 Å². The molecule has 6 heteroatoms. The number of nitrogens with one attached hydrogen (secondary N) is 2. The van der Waals surface area contributed by atoms with Crippen molar-refractivity contribution in [2.75, 3.05) is 13.1 Å². The first-order valence-electron chi connectivity index (χ1n) is 11.5. The minimum Gasteiger partial charge on any atom is -0.485 e. The minimum absolute atomic E-state index is 0.104. The van der Waals surface area contributed by atoms with Crippen molar-refractivity contribution in [3.63, 3.8) is 0 Å². The first-order valence-corrected chi connectivity index (χ1v) is 11.5. The molecule has 2 N–H and O–H groups in total. The second kappa shape index (κ2) is 13.0. The quantitative estimate of drug-likeness (QED) is 0.422. The maximum Gasteiger partial charge on any atom is 0.221 e. The van der Waals surface area contributed by atoms with Crippen LogP contribution >= 0.6 is 0 Å². The van der Waals surface area contributed by atoms with Gasteiger partial charge in [-0.25, -0.2) is 0 Å². The number of aryl methyl sites for hydroxylation is 1. The molecule has 0 spiro atoms. The van der Waals surface area contributed by atoms with Gasteiger partial charge in [-0.05, 0) is 35.6 Å². The van der Waals surface area contributed by atoms with E-state index in [1.165, 1.54) is 6.92 Å². The fourth-order valence-corrected chi connectivity index (χ4v) is 3.47. The standard InChI is InChI=1S/C28H32N2O4/c1-21-13-14-25(15-17-30-26(32)16-18-29-22(2)31)28(34-20-24-11-7-4-8-12-24)27(21)33-19-23-9-5-3-6-10-23/h3-14H,15-20H2,1-2H3,(H,29,31)(H,30,32). The summed E-state index contributed by atoms with van der Waals surface area (Å²) in [6, 6.07) is 24.0. The zero-order valence-electron chi connectivity index (χ0n) is 19.8. The summed E-state index contributed by atoms with van der Waals surface area (Å²) in [5.74, 6) is 1.17. The van der Waals surface area contributed by atoms with Gasteiger partial charge < -0.3 is 20.1 Å². The van der Waals surface area contributed by atoms with E-state index in [1.807, 2.05) is 79.7 Å². The Balaban J connectivity index is 1.71. The molecule has 0 atom stereocenters. The highest BCUT2D eigenvalue weighted by atomic mass is 16.5. The van der Waals surface area contributed by atoms with Crippen LogP contribution in [0.15, 0.2) is 72.8 Å². The molecule has 0 heterocycles. The summed E-state index contributed by atoms with van der Waals surface area (Å²) in [6.07, 6.45) is 0.842. The Morgan fingerprint density at radius 2 is 1.32 bits per heavy atom. The monoisotopic (exact) mass is 460 g/mol. The van der Waals surface area contributed by atoms with Crippen LogP contribution < -0.4 is 20.1 Å². The van der Waals surface area contributed by atoms with Crippen molar-refractivity contribution in [2.24, 2.45) is 0 Å². The van der Waals surface area contributed by atoms with Gasteiger partial charge in [0.15, 0.2) is 11.5 Å². The number of hydrogen-bond donors (Lipinski definition) is 2. The van der Waals surface area contributed by atoms with E-state index in [1.54, 1.807) is 0 Å². The summed E-state index contributed by atoms with van der Waals surface area (Å²) in [5.41, 5.74) is 4.09. The van der Waals surface area contributed by atoms with Crippen molar-refractivity contribution in [1.29, 1.82) is 0 Å². The van der Waals surface area contributed by atoms with Gasteiger partial charge in [-0.1, -0.05) is 72.8 Å². The van der Waals surface area contributed by atoms with Crippen molar-refractivity contribution < 1.29 is 19.1 Å². The molecule has 178 valence electrons. The number of carbonyl (C=O) groups is 2. The fourth-order valence-electron chi connectivity index (χ4n) is 3.47. The lowest BCUT2D eigenvalue weighted by atomic mass is 10.1. The SMILES string of the molecule is CC(=O)NCCC(=O)NCCc1ccc(C)c(OCc2ccccc2)c1OCc1ccccc1. The van der Waals surface area contributed by atoms with Crippen LogP contribution in [-0.4, -0.2) is 24.9 Å². The zero-order chi connectivity index (χ0) is 24.2. The summed E-state index contributed by atoms with van der Waals surface area (Å²) in [4.78, 5) is 23.0. The Hall–Kier alpha value is -3.80. The molecule has 0 aliphatic heterocycles. The number of hydrogen-bond acceptors (Lipinski definition) is 4. The van der Waals surface area contributed by atoms with E-state index in [9.17, 15) is 9.59 Å². The molecule has 0 aromatic heterocycles. The number of amides is 2. The molecule has 0 aliphatic carbocycles. The largest absolute Gasteiger partial charge is 0.485 e. The average Bonchev–Trinajstić information content (AvgIpc) is 2.84. The van der Waals surface area contributed by atoms with E-state index < -0.39 is 0 Å². The maximum atomic E-state index is 12.1. The molecule has 2 amide bonds. The second-order valence-electron chi connectivity index (χ2n) is 8.08. The van der Waals surface area contributed by atoms with Crippen molar-refractivity contribution in [3.05, 3.63) is 95.1 Å². The van der Waals surface area contributed by atoms with Crippen LogP contribution in [0.4, 0.5) is 0 Å². The lowest BCUT2D eigenvalue weighted by Gasteiger charge is -2.19. The summed E-state index contributed by atoms with van der Waals surface area (Å²) in [7, 11) is 0. The van der Waals surface area contributed by atoms with Crippen LogP contribution in [0.5, 0.6) is 11.5 Å². The maximum absolute atomic E-state index is 12.1. The third-order valence-electron chi connectivity index (χ3n) is 5.29. The Labute approximate surface area is 201 Å². The fraction of sp³-hybridized carbons (Fsp3) is 0.286. The molecule has 0 radical (unpaired) electrons. The molecule has 0 fully saturated rings. The molecule has 0 saturated carbocycles. The van der Waals surface area contributed by atoms with Crippen LogP contribution in [0.25, 0.3) is 0 Å². The molecule has 0 saturated heterocycles. The smallest absolute Gasteiger partial charge is 0.221 e. The Morgan fingerprint density at radius 3 is 1.91 bits per heavy atom. The first-order chi connectivity index (χ1) is 16.5. The normalized spacial score (nSPS) is 10.4. The van der Waals surface area contributed by atoms with Crippen molar-refractivity contribution in [2.45, 2.75) is 39.9 Å². The van der Waals surface area contributed by atoms with E-state index >= 15 is 0 Å². The molecular formula is C28H32N2O4. The number of carbonyl (C=O) groups excluding carboxylic acids is 2. The van der Waals surface area contributed by atoms with Crippen LogP contribution in [0.3, 0.4) is 0 Å². The second-order valence-corrected chi connectivity index (χ2v) is 8.08. The summed E-state index contributed by atoms with van der Waals surface area (Å²) < 4.78 is 12.5. The number of rotatable bonds is 12. The van der Waals surface area contributed by atoms with E-state index in [0.717, 1.165) is 22.3 Å². The third-order valence-corrected chi connectivity index (χ3v) is 5.29. The van der Waals surface area contributed by atoms with Crippen molar-refractivity contribution in [3.8, 4) is 11.5 Å². The number of ether oxygens (including phenoxy) is 2. The van der Waals surface area contributed by atoms with Crippen molar-refractivity contribution in [1.82, 2.24) is 10.6 Å². The van der Waals surface area contributed by atoms with Gasteiger partial charge in [0.05, 0.1) is 0 Å². The first kappa shape index (κ1) is 24.8. The summed E-state index contributed by atoms with van der Waals surface area (Å²) in [6.45, 7) is 5.08. The molecule has 34 heavy (non-hydrogen) atoms. The molecule has 6 nitrogen and oxygen atoms in total. The summed E-state index contributed by atoms with van der Waals surface area (Å²) >= 11 is 0. The Kier molecular flexibility index (Phi) is 9.52. The van der Waals surface area contributed by atoms with Gasteiger partial charge in [0, 0.05) is 26.4 Å². The van der Waals surface area contributed by atoms with Gasteiger partial charge in [0.2, 0.25) is 11.8 Å². The highest BCUT2D eigenvalue weighted by Gasteiger charge is 2.16. The van der Waals surface area contributed by atoms with Crippen LogP contribution in [0.1, 0.15) is 35.6 Å². The lowest BCUT2D eigenvalue weighted by Crippen LogP contribution is -2.30. The summed E-state index contributed by atoms with van der Waals surface area (Å²) in [5, 5.41) is 5.54.